The van der Waals surface area contributed by atoms with E-state index in [2.05, 4.69) is 6.07 Å². The van der Waals surface area contributed by atoms with Crippen LogP contribution >= 0.6 is 0 Å². The van der Waals surface area contributed by atoms with Gasteiger partial charge in [-0.25, -0.2) is 4.79 Å². The summed E-state index contributed by atoms with van der Waals surface area (Å²) >= 11 is 0. The van der Waals surface area contributed by atoms with E-state index in [1.165, 1.54) is 5.56 Å². The number of benzene rings is 4. The highest BCUT2D eigenvalue weighted by molar-refractivity contribution is 5.74. The average Bonchev–Trinajstić information content (AvgIpc) is 3.00. The third-order valence-corrected chi connectivity index (χ3v) is 6.98. The summed E-state index contributed by atoms with van der Waals surface area (Å²) in [5.41, 5.74) is 11.1. The van der Waals surface area contributed by atoms with E-state index in [-0.39, 0.29) is 23.8 Å². The minimum Gasteiger partial charge on any atom is -0.490 e. The van der Waals surface area contributed by atoms with Crippen molar-refractivity contribution >= 4 is 5.97 Å². The first-order valence-corrected chi connectivity index (χ1v) is 13.9. The van der Waals surface area contributed by atoms with Gasteiger partial charge in [0.15, 0.2) is 18.1 Å². The number of allylic oxidation sites excluding steroid dienone is 1. The molecule has 4 aromatic carbocycles. The summed E-state index contributed by atoms with van der Waals surface area (Å²) in [5.74, 6) is 1.26. The van der Waals surface area contributed by atoms with Gasteiger partial charge in [0, 0.05) is 11.6 Å². The summed E-state index contributed by atoms with van der Waals surface area (Å²) in [5, 5.41) is 10.0. The molecule has 1 aliphatic rings. The standard InChI is InChI=1S/C35H32N2O6/c1-4-39-32-17-25(13-16-30(32)40-20-24-11-9-22(2)10-12-24)34-27-15-14-26(18-31(27)43-35(37)28(34)19-36)42-33(38)21-41-29-8-6-5-7-23(29)3/h5-18,34H,4,20-21,37H2,1-3H3. The van der Waals surface area contributed by atoms with Crippen molar-refractivity contribution < 1.29 is 28.5 Å². The van der Waals surface area contributed by atoms with Crippen molar-refractivity contribution in [2.45, 2.75) is 33.3 Å². The molecular weight excluding hydrogens is 544 g/mol. The molecule has 0 bridgehead atoms. The molecular formula is C35H32N2O6. The van der Waals surface area contributed by atoms with Crippen molar-refractivity contribution in [2.75, 3.05) is 13.2 Å². The fraction of sp³-hybridized carbons (Fsp3) is 0.200. The minimum atomic E-state index is -0.570. The van der Waals surface area contributed by atoms with Gasteiger partial charge < -0.3 is 29.4 Å². The number of esters is 1. The number of rotatable bonds is 10. The number of carbonyl (C=O) groups excluding carboxylic acids is 1. The molecule has 0 fully saturated rings. The minimum absolute atomic E-state index is 0.0241. The monoisotopic (exact) mass is 576 g/mol. The molecule has 1 unspecified atom stereocenters. The predicted molar refractivity (Wildman–Crippen MR) is 161 cm³/mol. The summed E-state index contributed by atoms with van der Waals surface area (Å²) in [7, 11) is 0. The highest BCUT2D eigenvalue weighted by Gasteiger charge is 2.32. The van der Waals surface area contributed by atoms with Crippen LogP contribution in [0.25, 0.3) is 0 Å². The van der Waals surface area contributed by atoms with Crippen LogP contribution in [0.15, 0.2) is 96.4 Å². The molecule has 8 heteroatoms. The number of carbonyl (C=O) groups is 1. The highest BCUT2D eigenvalue weighted by atomic mass is 16.6. The first-order chi connectivity index (χ1) is 20.9. The number of para-hydroxylation sites is 1. The molecule has 0 aliphatic carbocycles. The van der Waals surface area contributed by atoms with Crippen molar-refractivity contribution in [1.29, 1.82) is 5.26 Å². The Balaban J connectivity index is 1.37. The van der Waals surface area contributed by atoms with Crippen molar-refractivity contribution in [3.63, 3.8) is 0 Å². The zero-order chi connectivity index (χ0) is 30.3. The number of nitrogens with zero attached hydrogens (tertiary/aromatic N) is 1. The Hall–Kier alpha value is -5.42. The summed E-state index contributed by atoms with van der Waals surface area (Å²) in [6.07, 6.45) is 0. The van der Waals surface area contributed by atoms with Crippen LogP contribution in [0.1, 0.15) is 40.7 Å². The summed E-state index contributed by atoms with van der Waals surface area (Å²) in [6, 6.07) is 28.3. The van der Waals surface area contributed by atoms with Crippen molar-refractivity contribution in [3.05, 3.63) is 124 Å². The third-order valence-electron chi connectivity index (χ3n) is 6.98. The lowest BCUT2D eigenvalue weighted by molar-refractivity contribution is -0.136. The fourth-order valence-electron chi connectivity index (χ4n) is 4.80. The highest BCUT2D eigenvalue weighted by Crippen LogP contribution is 2.45. The van der Waals surface area contributed by atoms with E-state index < -0.39 is 11.9 Å². The second-order valence-corrected chi connectivity index (χ2v) is 10.1. The number of fused-ring (bicyclic) bond motifs is 1. The van der Waals surface area contributed by atoms with Crippen LogP contribution in [0.2, 0.25) is 0 Å². The number of ether oxygens (including phenoxy) is 5. The van der Waals surface area contributed by atoms with Gasteiger partial charge in [-0.3, -0.25) is 0 Å². The first kappa shape index (κ1) is 29.1. The van der Waals surface area contributed by atoms with Crippen LogP contribution in [0.4, 0.5) is 0 Å². The van der Waals surface area contributed by atoms with Crippen LogP contribution in [0, 0.1) is 25.2 Å². The molecule has 4 aromatic rings. The number of hydrogen-bond acceptors (Lipinski definition) is 8. The zero-order valence-corrected chi connectivity index (χ0v) is 24.3. The normalized spacial score (nSPS) is 13.8. The lowest BCUT2D eigenvalue weighted by Crippen LogP contribution is -2.22. The molecule has 0 radical (unpaired) electrons. The molecule has 1 aliphatic heterocycles. The largest absolute Gasteiger partial charge is 0.490 e. The number of nitriles is 1. The lowest BCUT2D eigenvalue weighted by atomic mass is 9.83. The molecule has 8 nitrogen and oxygen atoms in total. The van der Waals surface area contributed by atoms with E-state index in [0.717, 1.165) is 16.7 Å². The van der Waals surface area contributed by atoms with E-state index >= 15 is 0 Å². The summed E-state index contributed by atoms with van der Waals surface area (Å²) in [6.45, 7) is 6.39. The zero-order valence-electron chi connectivity index (χ0n) is 24.3. The van der Waals surface area contributed by atoms with Gasteiger partial charge in [0.05, 0.1) is 12.5 Å². The Kier molecular flexibility index (Phi) is 8.82. The van der Waals surface area contributed by atoms with Crippen molar-refractivity contribution in [2.24, 2.45) is 5.73 Å². The quantitative estimate of drug-likeness (QED) is 0.169. The van der Waals surface area contributed by atoms with Gasteiger partial charge in [-0.05, 0) is 61.7 Å². The number of nitrogens with two attached hydrogens (primary N) is 1. The van der Waals surface area contributed by atoms with E-state index in [1.54, 1.807) is 24.3 Å². The van der Waals surface area contributed by atoms with Gasteiger partial charge in [-0.1, -0.05) is 60.2 Å². The van der Waals surface area contributed by atoms with Crippen LogP contribution in [0.5, 0.6) is 28.7 Å². The van der Waals surface area contributed by atoms with E-state index in [1.807, 2.05) is 81.4 Å². The Morgan fingerprint density at radius 3 is 2.44 bits per heavy atom. The van der Waals surface area contributed by atoms with Crippen molar-refractivity contribution in [3.8, 4) is 34.8 Å². The molecule has 5 rings (SSSR count). The van der Waals surface area contributed by atoms with E-state index in [0.29, 0.717) is 41.8 Å². The second-order valence-electron chi connectivity index (χ2n) is 10.1. The Morgan fingerprint density at radius 1 is 0.907 bits per heavy atom. The summed E-state index contributed by atoms with van der Waals surface area (Å²) < 4.78 is 28.9. The average molecular weight is 577 g/mol. The maximum atomic E-state index is 12.5. The molecule has 0 saturated heterocycles. The second kappa shape index (κ2) is 13.0. The molecule has 218 valence electrons. The maximum Gasteiger partial charge on any atom is 0.349 e. The van der Waals surface area contributed by atoms with E-state index in [9.17, 15) is 10.1 Å². The third kappa shape index (κ3) is 6.74. The maximum absolute atomic E-state index is 12.5. The van der Waals surface area contributed by atoms with Crippen LogP contribution in [-0.2, 0) is 11.4 Å². The number of aryl methyl sites for hydroxylation is 2. The van der Waals surface area contributed by atoms with Crippen LogP contribution in [-0.4, -0.2) is 19.2 Å². The summed E-state index contributed by atoms with van der Waals surface area (Å²) in [4.78, 5) is 12.5. The SMILES string of the molecule is CCOc1cc(C2C(C#N)=C(N)Oc3cc(OC(=O)COc4ccccc4C)ccc32)ccc1OCc1ccc(C)cc1. The van der Waals surface area contributed by atoms with Crippen molar-refractivity contribution in [1.82, 2.24) is 0 Å². The van der Waals surface area contributed by atoms with Gasteiger partial charge in [-0.2, -0.15) is 5.26 Å². The number of hydrogen-bond donors (Lipinski definition) is 1. The Morgan fingerprint density at radius 2 is 1.70 bits per heavy atom. The Labute approximate surface area is 250 Å². The lowest BCUT2D eigenvalue weighted by Gasteiger charge is -2.27. The molecule has 1 atom stereocenters. The molecule has 0 spiro atoms. The molecule has 0 aromatic heterocycles. The topological polar surface area (TPSA) is 113 Å². The molecule has 1 heterocycles. The molecule has 43 heavy (non-hydrogen) atoms. The molecule has 2 N–H and O–H groups in total. The van der Waals surface area contributed by atoms with Gasteiger partial charge in [-0.15, -0.1) is 0 Å². The Bertz CT molecular complexity index is 1700. The predicted octanol–water partition coefficient (Wildman–Crippen LogP) is 6.48. The molecule has 0 saturated carbocycles. The van der Waals surface area contributed by atoms with E-state index in [4.69, 9.17) is 29.4 Å². The van der Waals surface area contributed by atoms with Gasteiger partial charge in [0.25, 0.3) is 0 Å². The fourth-order valence-corrected chi connectivity index (χ4v) is 4.80. The van der Waals surface area contributed by atoms with Gasteiger partial charge in [0.2, 0.25) is 5.88 Å². The van der Waals surface area contributed by atoms with Gasteiger partial charge >= 0.3 is 5.97 Å². The van der Waals surface area contributed by atoms with Crippen LogP contribution in [0.3, 0.4) is 0 Å². The first-order valence-electron chi connectivity index (χ1n) is 13.9. The van der Waals surface area contributed by atoms with Gasteiger partial charge in [0.1, 0.15) is 35.5 Å². The smallest absolute Gasteiger partial charge is 0.349 e. The van der Waals surface area contributed by atoms with Crippen LogP contribution < -0.4 is 29.4 Å². The molecule has 0 amide bonds.